The molecule has 156 valence electrons. The zero-order valence-electron chi connectivity index (χ0n) is 17.0. The Morgan fingerprint density at radius 1 is 1.03 bits per heavy atom. The summed E-state index contributed by atoms with van der Waals surface area (Å²) in [6.07, 6.45) is 2.75. The maximum absolute atomic E-state index is 13.2. The molecule has 0 N–H and O–H groups in total. The van der Waals surface area contributed by atoms with Crippen molar-refractivity contribution in [2.45, 2.75) is 12.5 Å². The van der Waals surface area contributed by atoms with E-state index < -0.39 is 0 Å². The first-order valence-corrected chi connectivity index (χ1v) is 10.1. The van der Waals surface area contributed by atoms with Crippen molar-refractivity contribution in [2.75, 3.05) is 13.1 Å². The van der Waals surface area contributed by atoms with Gasteiger partial charge in [0.25, 0.3) is 5.91 Å². The van der Waals surface area contributed by atoms with Gasteiger partial charge >= 0.3 is 0 Å². The highest BCUT2D eigenvalue weighted by Gasteiger charge is 2.30. The van der Waals surface area contributed by atoms with Crippen LogP contribution in [0.3, 0.4) is 0 Å². The quantitative estimate of drug-likeness (QED) is 0.510. The molecule has 1 aliphatic rings. The lowest BCUT2D eigenvalue weighted by Gasteiger charge is -2.16. The zero-order valence-corrected chi connectivity index (χ0v) is 17.0. The summed E-state index contributed by atoms with van der Waals surface area (Å²) < 4.78 is 16.6. The molecule has 0 spiro atoms. The summed E-state index contributed by atoms with van der Waals surface area (Å²) in [5.74, 6) is -0.378. The monoisotopic (exact) mass is 416 g/mol. The summed E-state index contributed by atoms with van der Waals surface area (Å²) in [7, 11) is 1.75. The van der Waals surface area contributed by atoms with Crippen LogP contribution in [0.4, 0.5) is 4.39 Å². The summed E-state index contributed by atoms with van der Waals surface area (Å²) in [5, 5.41) is 13.0. The fraction of sp³-hybridized carbons (Fsp3) is 0.217. The van der Waals surface area contributed by atoms with Crippen LogP contribution in [0, 0.1) is 5.82 Å². The molecule has 0 aliphatic carbocycles. The highest BCUT2D eigenvalue weighted by Crippen LogP contribution is 2.26. The van der Waals surface area contributed by atoms with Crippen LogP contribution in [-0.4, -0.2) is 48.7 Å². The average Bonchev–Trinajstić information content (AvgIpc) is 3.54. The maximum Gasteiger partial charge on any atom is 0.272 e. The molecule has 31 heavy (non-hydrogen) atoms. The molecule has 1 atom stereocenters. The molecule has 1 fully saturated rings. The van der Waals surface area contributed by atoms with E-state index in [0.717, 1.165) is 23.2 Å². The number of halogens is 1. The lowest BCUT2D eigenvalue weighted by molar-refractivity contribution is 0.0776. The van der Waals surface area contributed by atoms with E-state index in [1.165, 1.54) is 12.1 Å². The minimum Gasteiger partial charge on any atom is -0.335 e. The number of nitrogens with zero attached hydrogens (tertiary/aromatic N) is 6. The van der Waals surface area contributed by atoms with Crippen LogP contribution in [-0.2, 0) is 7.05 Å². The van der Waals surface area contributed by atoms with E-state index in [1.54, 1.807) is 29.9 Å². The Bertz CT molecular complexity index is 1210. The predicted octanol–water partition coefficient (Wildman–Crippen LogP) is 3.57. The maximum atomic E-state index is 13.2. The van der Waals surface area contributed by atoms with Crippen molar-refractivity contribution >= 4 is 5.91 Å². The number of rotatable bonds is 4. The van der Waals surface area contributed by atoms with Gasteiger partial charge in [0.05, 0.1) is 17.9 Å². The Morgan fingerprint density at radius 3 is 2.55 bits per heavy atom. The minimum atomic E-state index is -0.303. The third-order valence-electron chi connectivity index (χ3n) is 5.64. The molecule has 0 saturated carbocycles. The molecule has 1 saturated heterocycles. The number of amides is 1. The summed E-state index contributed by atoms with van der Waals surface area (Å²) in [6, 6.07) is 17.8. The summed E-state index contributed by atoms with van der Waals surface area (Å²) in [6.45, 7) is 1.20. The van der Waals surface area contributed by atoms with Crippen molar-refractivity contribution in [3.05, 3.63) is 78.4 Å². The number of carbonyl (C=O) groups is 1. The molecule has 2 aromatic heterocycles. The van der Waals surface area contributed by atoms with Gasteiger partial charge in [-0.3, -0.25) is 9.48 Å². The smallest absolute Gasteiger partial charge is 0.272 e. The van der Waals surface area contributed by atoms with E-state index in [1.807, 2.05) is 46.1 Å². The molecule has 1 amide bonds. The Kier molecular flexibility index (Phi) is 4.82. The summed E-state index contributed by atoms with van der Waals surface area (Å²) >= 11 is 0. The first kappa shape index (κ1) is 19.2. The average molecular weight is 416 g/mol. The Hall–Kier alpha value is -3.81. The normalized spacial score (nSPS) is 16.1. The first-order valence-electron chi connectivity index (χ1n) is 10.1. The van der Waals surface area contributed by atoms with Gasteiger partial charge in [-0.2, -0.15) is 5.10 Å². The van der Waals surface area contributed by atoms with Crippen LogP contribution in [0.1, 0.15) is 23.0 Å². The highest BCUT2D eigenvalue weighted by molar-refractivity contribution is 5.94. The Morgan fingerprint density at radius 2 is 1.77 bits per heavy atom. The van der Waals surface area contributed by atoms with Crippen LogP contribution in [0.15, 0.2) is 66.9 Å². The van der Waals surface area contributed by atoms with Crippen molar-refractivity contribution in [3.63, 3.8) is 0 Å². The molecule has 0 radical (unpaired) electrons. The van der Waals surface area contributed by atoms with E-state index in [4.69, 9.17) is 0 Å². The molecule has 0 bridgehead atoms. The van der Waals surface area contributed by atoms with E-state index in [0.29, 0.717) is 24.5 Å². The molecular formula is C23H21FN6O. The molecule has 3 heterocycles. The van der Waals surface area contributed by atoms with Gasteiger partial charge in [0.15, 0.2) is 0 Å². The molecule has 4 aromatic rings. The van der Waals surface area contributed by atoms with Crippen molar-refractivity contribution in [3.8, 4) is 22.5 Å². The second kappa shape index (κ2) is 7.79. The van der Waals surface area contributed by atoms with Crippen LogP contribution in [0.2, 0.25) is 0 Å². The molecule has 5 rings (SSSR count). The Balaban J connectivity index is 1.31. The number of likely N-dealkylation sites (tertiary alicyclic amines) is 1. The standard InChI is InChI=1S/C23H21FN6O/c1-28-22(13-20(26-28)17-7-9-18(24)10-8-17)23(31)29-12-11-19(14-29)30-15-21(25-27-30)16-5-3-2-4-6-16/h2-10,13,15,19H,11-12,14H2,1H3. The van der Waals surface area contributed by atoms with Gasteiger partial charge in [-0.1, -0.05) is 35.5 Å². The lowest BCUT2D eigenvalue weighted by Crippen LogP contribution is -2.30. The molecular weight excluding hydrogens is 395 g/mol. The van der Waals surface area contributed by atoms with E-state index in [9.17, 15) is 9.18 Å². The van der Waals surface area contributed by atoms with Gasteiger partial charge < -0.3 is 4.90 Å². The number of hydrogen-bond donors (Lipinski definition) is 0. The van der Waals surface area contributed by atoms with E-state index in [2.05, 4.69) is 15.4 Å². The van der Waals surface area contributed by atoms with Crippen molar-refractivity contribution in [1.29, 1.82) is 0 Å². The fourth-order valence-electron chi connectivity index (χ4n) is 3.93. The number of benzene rings is 2. The van der Waals surface area contributed by atoms with Crippen LogP contribution >= 0.6 is 0 Å². The lowest BCUT2D eigenvalue weighted by atomic mass is 10.1. The van der Waals surface area contributed by atoms with Gasteiger partial charge in [-0.25, -0.2) is 9.07 Å². The van der Waals surface area contributed by atoms with Gasteiger partial charge in [0, 0.05) is 31.3 Å². The summed E-state index contributed by atoms with van der Waals surface area (Å²) in [4.78, 5) is 14.9. The SMILES string of the molecule is Cn1nc(-c2ccc(F)cc2)cc1C(=O)N1CCC(n2cc(-c3ccccc3)nn2)C1. The second-order valence-corrected chi connectivity index (χ2v) is 7.69. The second-order valence-electron chi connectivity index (χ2n) is 7.69. The zero-order chi connectivity index (χ0) is 21.4. The molecule has 8 heteroatoms. The molecule has 2 aromatic carbocycles. The van der Waals surface area contributed by atoms with E-state index >= 15 is 0 Å². The molecule has 7 nitrogen and oxygen atoms in total. The molecule has 1 aliphatic heterocycles. The van der Waals surface area contributed by atoms with Crippen molar-refractivity contribution < 1.29 is 9.18 Å². The van der Waals surface area contributed by atoms with Gasteiger partial charge in [-0.15, -0.1) is 5.10 Å². The van der Waals surface area contributed by atoms with Crippen LogP contribution in [0.25, 0.3) is 22.5 Å². The van der Waals surface area contributed by atoms with Crippen LogP contribution in [0.5, 0.6) is 0 Å². The third-order valence-corrected chi connectivity index (χ3v) is 5.64. The van der Waals surface area contributed by atoms with Crippen LogP contribution < -0.4 is 0 Å². The summed E-state index contributed by atoms with van der Waals surface area (Å²) in [5.41, 5.74) is 3.75. The first-order chi connectivity index (χ1) is 15.1. The van der Waals surface area contributed by atoms with E-state index in [-0.39, 0.29) is 17.8 Å². The topological polar surface area (TPSA) is 68.8 Å². The highest BCUT2D eigenvalue weighted by atomic mass is 19.1. The van der Waals surface area contributed by atoms with Crippen molar-refractivity contribution in [1.82, 2.24) is 29.7 Å². The van der Waals surface area contributed by atoms with Gasteiger partial charge in [0.2, 0.25) is 0 Å². The number of aromatic nitrogens is 5. The largest absolute Gasteiger partial charge is 0.335 e. The van der Waals surface area contributed by atoms with Gasteiger partial charge in [0.1, 0.15) is 17.2 Å². The fourth-order valence-corrected chi connectivity index (χ4v) is 3.93. The predicted molar refractivity (Wildman–Crippen MR) is 114 cm³/mol. The third kappa shape index (κ3) is 3.72. The number of carbonyl (C=O) groups excluding carboxylic acids is 1. The Labute approximate surface area is 178 Å². The number of aryl methyl sites for hydroxylation is 1. The number of hydrogen-bond acceptors (Lipinski definition) is 4. The molecule has 1 unspecified atom stereocenters. The van der Waals surface area contributed by atoms with Crippen molar-refractivity contribution in [2.24, 2.45) is 7.05 Å². The van der Waals surface area contributed by atoms with Gasteiger partial charge in [-0.05, 0) is 36.8 Å². The minimum absolute atomic E-state index is 0.0748.